The van der Waals surface area contributed by atoms with Crippen molar-refractivity contribution in [1.82, 2.24) is 4.57 Å². The Morgan fingerprint density at radius 2 is 1.93 bits per heavy atom. The third-order valence-electron chi connectivity index (χ3n) is 2.81. The Bertz CT molecular complexity index is 541. The smallest absolute Gasteiger partial charge is 0.102 e. The number of hydrogen-bond donors (Lipinski definition) is 0. The van der Waals surface area contributed by atoms with Gasteiger partial charge in [-0.1, -0.05) is 32.0 Å². The first-order chi connectivity index (χ1) is 7.16. The molecular weight excluding hydrogens is 184 g/mol. The summed E-state index contributed by atoms with van der Waals surface area (Å²) in [7, 11) is 2.03. The van der Waals surface area contributed by atoms with Crippen LogP contribution in [0.1, 0.15) is 31.0 Å². The van der Waals surface area contributed by atoms with Gasteiger partial charge in [-0.15, -0.1) is 0 Å². The summed E-state index contributed by atoms with van der Waals surface area (Å²) in [6.45, 7) is 4.24. The van der Waals surface area contributed by atoms with E-state index in [1.807, 2.05) is 25.2 Å². The highest BCUT2D eigenvalue weighted by Crippen LogP contribution is 2.29. The molecule has 76 valence electrons. The lowest BCUT2D eigenvalue weighted by atomic mass is 10.0. The van der Waals surface area contributed by atoms with Gasteiger partial charge in [0.1, 0.15) is 6.07 Å². The standard InChI is InChI=1S/C13H14N2/c1-9(2)13-11(8-14)10-6-4-5-7-12(10)15(13)3/h4-7,9H,1-3H3. The molecule has 0 fully saturated rings. The molecule has 2 rings (SSSR count). The molecule has 2 nitrogen and oxygen atoms in total. The Labute approximate surface area is 89.7 Å². The van der Waals surface area contributed by atoms with E-state index in [1.54, 1.807) is 0 Å². The predicted molar refractivity (Wildman–Crippen MR) is 61.7 cm³/mol. The van der Waals surface area contributed by atoms with Crippen LogP contribution in [0.15, 0.2) is 24.3 Å². The Kier molecular flexibility index (Phi) is 2.24. The van der Waals surface area contributed by atoms with Gasteiger partial charge < -0.3 is 4.57 Å². The molecule has 2 heteroatoms. The van der Waals surface area contributed by atoms with Crippen molar-refractivity contribution >= 4 is 10.9 Å². The Hall–Kier alpha value is -1.75. The van der Waals surface area contributed by atoms with Crippen molar-refractivity contribution in [2.45, 2.75) is 19.8 Å². The van der Waals surface area contributed by atoms with E-state index >= 15 is 0 Å². The molecule has 1 heterocycles. The Morgan fingerprint density at radius 3 is 2.53 bits per heavy atom. The molecule has 1 aromatic carbocycles. The van der Waals surface area contributed by atoms with E-state index in [0.29, 0.717) is 5.92 Å². The molecule has 0 N–H and O–H groups in total. The minimum atomic E-state index is 0.372. The van der Waals surface area contributed by atoms with Gasteiger partial charge in [0, 0.05) is 23.6 Å². The number of nitrogens with zero attached hydrogens (tertiary/aromatic N) is 2. The topological polar surface area (TPSA) is 28.7 Å². The van der Waals surface area contributed by atoms with Crippen molar-refractivity contribution in [3.05, 3.63) is 35.5 Å². The van der Waals surface area contributed by atoms with E-state index in [0.717, 1.165) is 22.2 Å². The van der Waals surface area contributed by atoms with Crippen molar-refractivity contribution < 1.29 is 0 Å². The summed E-state index contributed by atoms with van der Waals surface area (Å²) >= 11 is 0. The number of aromatic nitrogens is 1. The molecule has 0 bridgehead atoms. The summed E-state index contributed by atoms with van der Waals surface area (Å²) in [6, 6.07) is 10.4. The molecule has 0 aliphatic heterocycles. The van der Waals surface area contributed by atoms with Crippen LogP contribution >= 0.6 is 0 Å². The van der Waals surface area contributed by atoms with E-state index in [4.69, 9.17) is 0 Å². The van der Waals surface area contributed by atoms with Crippen LogP contribution in [-0.4, -0.2) is 4.57 Å². The second-order valence-electron chi connectivity index (χ2n) is 4.10. The van der Waals surface area contributed by atoms with Gasteiger partial charge in [-0.2, -0.15) is 5.26 Å². The van der Waals surface area contributed by atoms with E-state index < -0.39 is 0 Å². The Morgan fingerprint density at radius 1 is 1.27 bits per heavy atom. The minimum absolute atomic E-state index is 0.372. The zero-order valence-corrected chi connectivity index (χ0v) is 9.28. The van der Waals surface area contributed by atoms with Gasteiger partial charge in [0.25, 0.3) is 0 Å². The van der Waals surface area contributed by atoms with Crippen LogP contribution in [0.5, 0.6) is 0 Å². The van der Waals surface area contributed by atoms with Gasteiger partial charge in [0.2, 0.25) is 0 Å². The summed E-state index contributed by atoms with van der Waals surface area (Å²) in [4.78, 5) is 0. The molecule has 0 unspecified atom stereocenters. The van der Waals surface area contributed by atoms with E-state index in [2.05, 4.69) is 30.6 Å². The van der Waals surface area contributed by atoms with Crippen LogP contribution in [0.25, 0.3) is 10.9 Å². The van der Waals surface area contributed by atoms with Gasteiger partial charge in [-0.05, 0) is 12.0 Å². The monoisotopic (exact) mass is 198 g/mol. The van der Waals surface area contributed by atoms with Crippen LogP contribution in [0, 0.1) is 11.3 Å². The summed E-state index contributed by atoms with van der Waals surface area (Å²) < 4.78 is 2.12. The van der Waals surface area contributed by atoms with Gasteiger partial charge >= 0.3 is 0 Å². The van der Waals surface area contributed by atoms with E-state index in [1.165, 1.54) is 0 Å². The van der Waals surface area contributed by atoms with Crippen LogP contribution in [0.2, 0.25) is 0 Å². The number of nitriles is 1. The number of para-hydroxylation sites is 1. The lowest BCUT2D eigenvalue weighted by Gasteiger charge is -2.07. The zero-order valence-electron chi connectivity index (χ0n) is 9.28. The SMILES string of the molecule is CC(C)c1c(C#N)c2ccccc2n1C. The molecule has 0 aliphatic rings. The predicted octanol–water partition coefficient (Wildman–Crippen LogP) is 3.17. The van der Waals surface area contributed by atoms with Gasteiger partial charge in [-0.25, -0.2) is 0 Å². The third-order valence-corrected chi connectivity index (χ3v) is 2.81. The molecule has 1 aromatic heterocycles. The molecule has 0 saturated heterocycles. The quantitative estimate of drug-likeness (QED) is 0.691. The maximum Gasteiger partial charge on any atom is 0.102 e. The number of rotatable bonds is 1. The number of hydrogen-bond acceptors (Lipinski definition) is 1. The fourth-order valence-electron chi connectivity index (χ4n) is 2.21. The first kappa shape index (κ1) is 9.79. The first-order valence-corrected chi connectivity index (χ1v) is 5.14. The fraction of sp³-hybridized carbons (Fsp3) is 0.308. The van der Waals surface area contributed by atoms with E-state index in [-0.39, 0.29) is 0 Å². The maximum atomic E-state index is 9.22. The summed E-state index contributed by atoms with van der Waals surface area (Å²) in [5.74, 6) is 0.372. The molecular formula is C13H14N2. The molecule has 0 aliphatic carbocycles. The Balaban J connectivity index is 2.92. The van der Waals surface area contributed by atoms with Gasteiger partial charge in [0.15, 0.2) is 0 Å². The number of fused-ring (bicyclic) bond motifs is 1. The lowest BCUT2D eigenvalue weighted by molar-refractivity contribution is 0.752. The van der Waals surface area contributed by atoms with Crippen molar-refractivity contribution in [3.63, 3.8) is 0 Å². The highest BCUT2D eigenvalue weighted by molar-refractivity contribution is 5.88. The fourth-order valence-corrected chi connectivity index (χ4v) is 2.21. The minimum Gasteiger partial charge on any atom is -0.346 e. The van der Waals surface area contributed by atoms with Gasteiger partial charge in [-0.3, -0.25) is 0 Å². The number of benzene rings is 1. The van der Waals surface area contributed by atoms with Crippen LogP contribution in [-0.2, 0) is 7.05 Å². The maximum absolute atomic E-state index is 9.22. The number of aryl methyl sites for hydroxylation is 1. The van der Waals surface area contributed by atoms with E-state index in [9.17, 15) is 5.26 Å². The van der Waals surface area contributed by atoms with Crippen LogP contribution < -0.4 is 0 Å². The highest BCUT2D eigenvalue weighted by Gasteiger charge is 2.16. The van der Waals surface area contributed by atoms with Crippen molar-refractivity contribution in [3.8, 4) is 6.07 Å². The summed E-state index contributed by atoms with van der Waals surface area (Å²) in [5, 5.41) is 10.3. The highest BCUT2D eigenvalue weighted by atomic mass is 15.0. The second kappa shape index (κ2) is 3.43. The zero-order chi connectivity index (χ0) is 11.0. The molecule has 0 saturated carbocycles. The molecule has 15 heavy (non-hydrogen) atoms. The van der Waals surface area contributed by atoms with Crippen LogP contribution in [0.3, 0.4) is 0 Å². The molecule has 0 atom stereocenters. The van der Waals surface area contributed by atoms with Crippen molar-refractivity contribution in [2.75, 3.05) is 0 Å². The second-order valence-corrected chi connectivity index (χ2v) is 4.10. The van der Waals surface area contributed by atoms with Crippen LogP contribution in [0.4, 0.5) is 0 Å². The largest absolute Gasteiger partial charge is 0.346 e. The molecule has 0 radical (unpaired) electrons. The first-order valence-electron chi connectivity index (χ1n) is 5.14. The summed E-state index contributed by atoms with van der Waals surface area (Å²) in [5.41, 5.74) is 3.08. The molecule has 0 amide bonds. The van der Waals surface area contributed by atoms with Crippen molar-refractivity contribution in [2.24, 2.45) is 7.05 Å². The average Bonchev–Trinajstić information content (AvgIpc) is 2.52. The van der Waals surface area contributed by atoms with Gasteiger partial charge in [0.05, 0.1) is 5.56 Å². The average molecular weight is 198 g/mol. The lowest BCUT2D eigenvalue weighted by Crippen LogP contribution is -1.99. The van der Waals surface area contributed by atoms with Crippen molar-refractivity contribution in [1.29, 1.82) is 5.26 Å². The molecule has 2 aromatic rings. The summed E-state index contributed by atoms with van der Waals surface area (Å²) in [6.07, 6.45) is 0. The molecule has 0 spiro atoms. The normalized spacial score (nSPS) is 10.9. The third kappa shape index (κ3) is 1.32.